The number of hydrogen-bond donors (Lipinski definition) is 0. The molecule has 112 valence electrons. The van der Waals surface area contributed by atoms with Crippen molar-refractivity contribution in [3.05, 3.63) is 0 Å². The van der Waals surface area contributed by atoms with Gasteiger partial charge in [-0.3, -0.25) is 4.79 Å². The van der Waals surface area contributed by atoms with Gasteiger partial charge in [0.2, 0.25) is 0 Å². The third-order valence-electron chi connectivity index (χ3n) is 3.59. The van der Waals surface area contributed by atoms with Crippen LogP contribution in [0.1, 0.15) is 72.1 Å². The molecule has 2 nitrogen and oxygen atoms in total. The van der Waals surface area contributed by atoms with Crippen LogP contribution in [0.2, 0.25) is 0 Å². The first-order chi connectivity index (χ1) is 8.94. The average molecular weight is 289 g/mol. The zero-order chi connectivity index (χ0) is 14.3. The second kappa shape index (κ2) is 8.14. The minimum Gasteiger partial charge on any atom is -0.460 e. The lowest BCUT2D eigenvalue weighted by Gasteiger charge is -2.19. The molecule has 1 aliphatic rings. The van der Waals surface area contributed by atoms with Crippen LogP contribution in [0.25, 0.3) is 0 Å². The van der Waals surface area contributed by atoms with Crippen molar-refractivity contribution < 1.29 is 9.53 Å². The molecule has 3 heteroatoms. The van der Waals surface area contributed by atoms with Gasteiger partial charge in [-0.2, -0.15) is 0 Å². The molecule has 0 radical (unpaired) electrons. The van der Waals surface area contributed by atoms with E-state index in [1.54, 1.807) is 0 Å². The highest BCUT2D eigenvalue weighted by atomic mass is 35.5. The normalized spacial score (nSPS) is 22.3. The summed E-state index contributed by atoms with van der Waals surface area (Å²) in [5, 5.41) is 0. The van der Waals surface area contributed by atoms with Crippen molar-refractivity contribution in [1.29, 1.82) is 0 Å². The summed E-state index contributed by atoms with van der Waals surface area (Å²) in [7, 11) is 0. The van der Waals surface area contributed by atoms with Gasteiger partial charge in [0, 0.05) is 5.88 Å². The molecule has 0 aliphatic heterocycles. The first kappa shape index (κ1) is 16.8. The molecule has 19 heavy (non-hydrogen) atoms. The molecule has 2 unspecified atom stereocenters. The Kier molecular flexibility index (Phi) is 7.20. The summed E-state index contributed by atoms with van der Waals surface area (Å²) in [6.45, 7) is 5.80. The van der Waals surface area contributed by atoms with Gasteiger partial charge in [-0.05, 0) is 46.0 Å². The maximum Gasteiger partial charge on any atom is 0.309 e. The highest BCUT2D eigenvalue weighted by Gasteiger charge is 2.44. The van der Waals surface area contributed by atoms with E-state index in [1.165, 1.54) is 38.5 Å². The second-order valence-electron chi connectivity index (χ2n) is 6.73. The van der Waals surface area contributed by atoms with E-state index < -0.39 is 0 Å². The van der Waals surface area contributed by atoms with Crippen LogP contribution < -0.4 is 0 Å². The molecule has 0 aromatic carbocycles. The van der Waals surface area contributed by atoms with E-state index in [0.717, 1.165) is 18.7 Å². The van der Waals surface area contributed by atoms with Crippen molar-refractivity contribution in [2.75, 3.05) is 5.88 Å². The van der Waals surface area contributed by atoms with Gasteiger partial charge in [-0.1, -0.05) is 32.1 Å². The summed E-state index contributed by atoms with van der Waals surface area (Å²) in [6, 6.07) is 0. The smallest absolute Gasteiger partial charge is 0.309 e. The van der Waals surface area contributed by atoms with Crippen molar-refractivity contribution in [2.45, 2.75) is 77.7 Å². The number of halogens is 1. The fourth-order valence-electron chi connectivity index (χ4n) is 2.44. The maximum absolute atomic E-state index is 11.8. The molecule has 0 saturated heterocycles. The minimum absolute atomic E-state index is 0.0135. The van der Waals surface area contributed by atoms with Crippen molar-refractivity contribution >= 4 is 17.6 Å². The number of rotatable bonds is 9. The highest BCUT2D eigenvalue weighted by molar-refractivity contribution is 6.17. The lowest BCUT2D eigenvalue weighted by atomic mass is 10.1. The molecule has 1 aliphatic carbocycles. The molecule has 0 heterocycles. The van der Waals surface area contributed by atoms with Gasteiger partial charge < -0.3 is 4.74 Å². The predicted octanol–water partition coefficient (Wildman–Crippen LogP) is 4.93. The molecule has 1 fully saturated rings. The number of ether oxygens (including phenoxy) is 1. The molecule has 2 atom stereocenters. The number of carbonyl (C=O) groups excluding carboxylic acids is 1. The SMILES string of the molecule is CC(C)(C)OC(=O)C1CC1CCCCCCCCCl. The third kappa shape index (κ3) is 7.81. The van der Waals surface area contributed by atoms with Crippen LogP contribution in [0.3, 0.4) is 0 Å². The number of carbonyl (C=O) groups is 1. The van der Waals surface area contributed by atoms with E-state index in [2.05, 4.69) is 0 Å². The Labute approximate surface area is 123 Å². The van der Waals surface area contributed by atoms with Gasteiger partial charge in [0.05, 0.1) is 5.92 Å². The third-order valence-corrected chi connectivity index (χ3v) is 3.86. The highest BCUT2D eigenvalue weighted by Crippen LogP contribution is 2.43. The zero-order valence-corrected chi connectivity index (χ0v) is 13.5. The van der Waals surface area contributed by atoms with Crippen molar-refractivity contribution in [3.63, 3.8) is 0 Å². The molecular weight excluding hydrogens is 260 g/mol. The van der Waals surface area contributed by atoms with Gasteiger partial charge in [-0.25, -0.2) is 0 Å². The van der Waals surface area contributed by atoms with Crippen LogP contribution in [0.15, 0.2) is 0 Å². The van der Waals surface area contributed by atoms with Crippen LogP contribution in [0.4, 0.5) is 0 Å². The molecule has 0 amide bonds. The van der Waals surface area contributed by atoms with E-state index >= 15 is 0 Å². The standard InChI is InChI=1S/C16H29ClO2/c1-16(2,3)19-15(18)14-12-13(14)10-8-6-4-5-7-9-11-17/h13-14H,4-12H2,1-3H3. The Morgan fingerprint density at radius 3 is 2.26 bits per heavy atom. The van der Waals surface area contributed by atoms with Gasteiger partial charge in [0.1, 0.15) is 5.60 Å². The van der Waals surface area contributed by atoms with Crippen molar-refractivity contribution in [2.24, 2.45) is 11.8 Å². The van der Waals surface area contributed by atoms with Gasteiger partial charge in [0.15, 0.2) is 0 Å². The summed E-state index contributed by atoms with van der Waals surface area (Å²) < 4.78 is 5.41. The monoisotopic (exact) mass is 288 g/mol. The van der Waals surface area contributed by atoms with Crippen LogP contribution in [0, 0.1) is 11.8 Å². The average Bonchev–Trinajstić information content (AvgIpc) is 3.05. The molecule has 1 rings (SSSR count). The van der Waals surface area contributed by atoms with Gasteiger partial charge in [0.25, 0.3) is 0 Å². The minimum atomic E-state index is -0.341. The van der Waals surface area contributed by atoms with E-state index in [4.69, 9.17) is 16.3 Å². The maximum atomic E-state index is 11.8. The second-order valence-corrected chi connectivity index (χ2v) is 7.11. The van der Waals surface area contributed by atoms with E-state index in [1.807, 2.05) is 20.8 Å². The van der Waals surface area contributed by atoms with E-state index in [9.17, 15) is 4.79 Å². The summed E-state index contributed by atoms with van der Waals surface area (Å²) in [4.78, 5) is 11.8. The Balaban J connectivity index is 1.97. The molecule has 0 aromatic heterocycles. The predicted molar refractivity (Wildman–Crippen MR) is 80.5 cm³/mol. The Hall–Kier alpha value is -0.240. The van der Waals surface area contributed by atoms with Crippen molar-refractivity contribution in [1.82, 2.24) is 0 Å². The van der Waals surface area contributed by atoms with E-state index in [0.29, 0.717) is 5.92 Å². The number of unbranched alkanes of at least 4 members (excludes halogenated alkanes) is 5. The first-order valence-electron chi connectivity index (χ1n) is 7.73. The Morgan fingerprint density at radius 1 is 1.11 bits per heavy atom. The number of hydrogen-bond acceptors (Lipinski definition) is 2. The fourth-order valence-corrected chi connectivity index (χ4v) is 2.63. The number of esters is 1. The quantitative estimate of drug-likeness (QED) is 0.341. The molecule has 0 N–H and O–H groups in total. The molecule has 0 aromatic rings. The lowest BCUT2D eigenvalue weighted by Crippen LogP contribution is -2.25. The first-order valence-corrected chi connectivity index (χ1v) is 8.26. The molecule has 1 saturated carbocycles. The Morgan fingerprint density at radius 2 is 1.68 bits per heavy atom. The Bertz CT molecular complexity index is 270. The molecular formula is C16H29ClO2. The summed E-state index contributed by atoms with van der Waals surface area (Å²) in [6.07, 6.45) is 9.79. The zero-order valence-electron chi connectivity index (χ0n) is 12.7. The van der Waals surface area contributed by atoms with Gasteiger partial charge in [-0.15, -0.1) is 11.6 Å². The largest absolute Gasteiger partial charge is 0.460 e. The lowest BCUT2D eigenvalue weighted by molar-refractivity contribution is -0.156. The molecule has 0 bridgehead atoms. The van der Waals surface area contributed by atoms with Crippen molar-refractivity contribution in [3.8, 4) is 0 Å². The van der Waals surface area contributed by atoms with Crippen LogP contribution in [-0.2, 0) is 9.53 Å². The van der Waals surface area contributed by atoms with Crippen LogP contribution in [-0.4, -0.2) is 17.5 Å². The van der Waals surface area contributed by atoms with Crippen LogP contribution in [0.5, 0.6) is 0 Å². The van der Waals surface area contributed by atoms with Gasteiger partial charge >= 0.3 is 5.97 Å². The summed E-state index contributed by atoms with van der Waals surface area (Å²) >= 11 is 5.64. The number of alkyl halides is 1. The van der Waals surface area contributed by atoms with Crippen LogP contribution >= 0.6 is 11.6 Å². The summed E-state index contributed by atoms with van der Waals surface area (Å²) in [5.41, 5.74) is -0.341. The van der Waals surface area contributed by atoms with E-state index in [-0.39, 0.29) is 17.5 Å². The fraction of sp³-hybridized carbons (Fsp3) is 0.938. The summed E-state index contributed by atoms with van der Waals surface area (Å²) in [5.74, 6) is 1.59. The molecule has 0 spiro atoms. The topological polar surface area (TPSA) is 26.3 Å².